The van der Waals surface area contributed by atoms with Gasteiger partial charge >= 0.3 is 0 Å². The monoisotopic (exact) mass is 274 g/mol. The van der Waals surface area contributed by atoms with E-state index in [9.17, 15) is 0 Å². The lowest BCUT2D eigenvalue weighted by atomic mass is 9.94. The smallest absolute Gasteiger partial charge is 0.0434 e. The van der Waals surface area contributed by atoms with Crippen LogP contribution in [0.15, 0.2) is 24.3 Å². The second kappa shape index (κ2) is 6.59. The highest BCUT2D eigenvalue weighted by atomic mass is 16.3. The van der Waals surface area contributed by atoms with Gasteiger partial charge in [0.25, 0.3) is 0 Å². The highest BCUT2D eigenvalue weighted by Crippen LogP contribution is 2.28. The summed E-state index contributed by atoms with van der Waals surface area (Å²) < 4.78 is 0. The Morgan fingerprint density at radius 3 is 2.85 bits per heavy atom. The summed E-state index contributed by atoms with van der Waals surface area (Å²) in [7, 11) is 0. The second-order valence-corrected chi connectivity index (χ2v) is 6.25. The third-order valence-electron chi connectivity index (χ3n) is 4.55. The van der Waals surface area contributed by atoms with Gasteiger partial charge in [-0.25, -0.2) is 0 Å². The van der Waals surface area contributed by atoms with Gasteiger partial charge in [-0.05, 0) is 49.7 Å². The van der Waals surface area contributed by atoms with Gasteiger partial charge in [-0.15, -0.1) is 0 Å². The van der Waals surface area contributed by atoms with Crippen molar-refractivity contribution in [2.24, 2.45) is 5.92 Å². The highest BCUT2D eigenvalue weighted by Gasteiger charge is 2.23. The van der Waals surface area contributed by atoms with Crippen LogP contribution < -0.4 is 10.2 Å². The van der Waals surface area contributed by atoms with Crippen LogP contribution in [0.2, 0.25) is 0 Å². The zero-order chi connectivity index (χ0) is 13.8. The number of nitrogens with zero attached hydrogens (tertiary/aromatic N) is 1. The average Bonchev–Trinajstić information content (AvgIpc) is 3.30. The van der Waals surface area contributed by atoms with Crippen molar-refractivity contribution in [3.63, 3.8) is 0 Å². The fraction of sp³-hybridized carbons (Fsp3) is 0.647. The summed E-state index contributed by atoms with van der Waals surface area (Å²) in [5.41, 5.74) is 2.81. The van der Waals surface area contributed by atoms with Crippen LogP contribution in [-0.4, -0.2) is 30.8 Å². The molecule has 20 heavy (non-hydrogen) atoms. The largest absolute Gasteiger partial charge is 0.396 e. The lowest BCUT2D eigenvalue weighted by Crippen LogP contribution is -2.36. The molecule has 3 nitrogen and oxygen atoms in total. The van der Waals surface area contributed by atoms with E-state index in [2.05, 4.69) is 34.5 Å². The summed E-state index contributed by atoms with van der Waals surface area (Å²) in [6.45, 7) is 3.56. The van der Waals surface area contributed by atoms with E-state index in [1.165, 1.54) is 36.9 Å². The molecule has 3 heteroatoms. The molecule has 0 radical (unpaired) electrons. The minimum Gasteiger partial charge on any atom is -0.396 e. The van der Waals surface area contributed by atoms with Gasteiger partial charge in [0.2, 0.25) is 0 Å². The molecule has 0 spiro atoms. The molecule has 0 amide bonds. The number of rotatable bonds is 6. The van der Waals surface area contributed by atoms with Crippen LogP contribution in [0.25, 0.3) is 0 Å². The summed E-state index contributed by atoms with van der Waals surface area (Å²) in [5.74, 6) is 0.651. The topological polar surface area (TPSA) is 35.5 Å². The normalized spacial score (nSPS) is 23.1. The number of hydrogen-bond donors (Lipinski definition) is 2. The van der Waals surface area contributed by atoms with Crippen LogP contribution in [-0.2, 0) is 6.54 Å². The molecule has 1 aromatic rings. The van der Waals surface area contributed by atoms with Crippen LogP contribution in [0.1, 0.15) is 37.7 Å². The summed E-state index contributed by atoms with van der Waals surface area (Å²) in [6.07, 6.45) is 6.13. The van der Waals surface area contributed by atoms with Gasteiger partial charge in [0.1, 0.15) is 0 Å². The van der Waals surface area contributed by atoms with E-state index < -0.39 is 0 Å². The molecule has 110 valence electrons. The fourth-order valence-corrected chi connectivity index (χ4v) is 3.21. The molecule has 1 aliphatic heterocycles. The van der Waals surface area contributed by atoms with Gasteiger partial charge in [-0.2, -0.15) is 0 Å². The first-order chi connectivity index (χ1) is 9.86. The Morgan fingerprint density at radius 2 is 2.05 bits per heavy atom. The lowest BCUT2D eigenvalue weighted by molar-refractivity contribution is 0.244. The van der Waals surface area contributed by atoms with E-state index in [0.29, 0.717) is 12.5 Å². The molecule has 1 aliphatic carbocycles. The Morgan fingerprint density at radius 1 is 1.20 bits per heavy atom. The summed E-state index contributed by atoms with van der Waals surface area (Å²) >= 11 is 0. The molecule has 2 N–H and O–H groups in total. The SMILES string of the molecule is OCCC1CCCN(c2ccccc2CNC2CC2)C1. The number of piperidine rings is 1. The minimum absolute atomic E-state index is 0.323. The molecular weight excluding hydrogens is 248 g/mol. The Bertz CT molecular complexity index is 429. The van der Waals surface area contributed by atoms with Crippen LogP contribution in [0.4, 0.5) is 5.69 Å². The van der Waals surface area contributed by atoms with Crippen molar-refractivity contribution >= 4 is 5.69 Å². The maximum atomic E-state index is 9.15. The van der Waals surface area contributed by atoms with E-state index in [0.717, 1.165) is 32.1 Å². The first kappa shape index (κ1) is 13.9. The molecule has 1 aromatic carbocycles. The number of hydrogen-bond acceptors (Lipinski definition) is 3. The van der Waals surface area contributed by atoms with Gasteiger partial charge < -0.3 is 15.3 Å². The molecule has 2 fully saturated rings. The molecule has 1 heterocycles. The Balaban J connectivity index is 1.67. The predicted molar refractivity (Wildman–Crippen MR) is 82.9 cm³/mol. The highest BCUT2D eigenvalue weighted by molar-refractivity contribution is 5.54. The Kier molecular flexibility index (Phi) is 4.58. The summed E-state index contributed by atoms with van der Waals surface area (Å²) in [5, 5.41) is 12.8. The Hall–Kier alpha value is -1.06. The quantitative estimate of drug-likeness (QED) is 0.837. The number of aliphatic hydroxyl groups excluding tert-OH is 1. The number of para-hydroxylation sites is 1. The fourth-order valence-electron chi connectivity index (χ4n) is 3.21. The van der Waals surface area contributed by atoms with E-state index in [1.807, 2.05) is 0 Å². The summed E-state index contributed by atoms with van der Waals surface area (Å²) in [4.78, 5) is 2.52. The third kappa shape index (κ3) is 3.53. The summed E-state index contributed by atoms with van der Waals surface area (Å²) in [6, 6.07) is 9.55. The minimum atomic E-state index is 0.323. The molecule has 1 saturated heterocycles. The van der Waals surface area contributed by atoms with Gasteiger partial charge in [-0.1, -0.05) is 18.2 Å². The molecule has 1 saturated carbocycles. The average molecular weight is 274 g/mol. The second-order valence-electron chi connectivity index (χ2n) is 6.25. The first-order valence-electron chi connectivity index (χ1n) is 8.04. The zero-order valence-corrected chi connectivity index (χ0v) is 12.2. The van der Waals surface area contributed by atoms with E-state index in [-0.39, 0.29) is 0 Å². The number of nitrogens with one attached hydrogen (secondary N) is 1. The van der Waals surface area contributed by atoms with Crippen LogP contribution in [0.5, 0.6) is 0 Å². The van der Waals surface area contributed by atoms with Crippen molar-refractivity contribution in [2.45, 2.75) is 44.7 Å². The number of aliphatic hydroxyl groups is 1. The van der Waals surface area contributed by atoms with Crippen molar-refractivity contribution in [1.29, 1.82) is 0 Å². The zero-order valence-electron chi connectivity index (χ0n) is 12.2. The third-order valence-corrected chi connectivity index (χ3v) is 4.55. The van der Waals surface area contributed by atoms with Crippen molar-refractivity contribution in [3.8, 4) is 0 Å². The number of anilines is 1. The lowest BCUT2D eigenvalue weighted by Gasteiger charge is -2.35. The van der Waals surface area contributed by atoms with Gasteiger partial charge in [0.15, 0.2) is 0 Å². The van der Waals surface area contributed by atoms with Crippen LogP contribution in [0.3, 0.4) is 0 Å². The van der Waals surface area contributed by atoms with Crippen LogP contribution in [0, 0.1) is 5.92 Å². The van der Waals surface area contributed by atoms with Gasteiger partial charge in [-0.3, -0.25) is 0 Å². The standard InChI is InChI=1S/C17H26N2O/c20-11-9-14-4-3-10-19(13-14)17-6-2-1-5-15(17)12-18-16-7-8-16/h1-2,5-6,14,16,18,20H,3-4,7-13H2. The number of benzene rings is 1. The molecular formula is C17H26N2O. The van der Waals surface area contributed by atoms with Crippen molar-refractivity contribution in [3.05, 3.63) is 29.8 Å². The molecule has 3 rings (SSSR count). The van der Waals surface area contributed by atoms with E-state index >= 15 is 0 Å². The van der Waals surface area contributed by atoms with Gasteiger partial charge in [0.05, 0.1) is 0 Å². The maximum Gasteiger partial charge on any atom is 0.0434 e. The van der Waals surface area contributed by atoms with E-state index in [4.69, 9.17) is 5.11 Å². The molecule has 1 unspecified atom stereocenters. The van der Waals surface area contributed by atoms with Crippen LogP contribution >= 0.6 is 0 Å². The maximum absolute atomic E-state index is 9.15. The van der Waals surface area contributed by atoms with Crippen molar-refractivity contribution in [2.75, 3.05) is 24.6 Å². The Labute approximate surface area is 122 Å². The molecule has 1 atom stereocenters. The molecule has 2 aliphatic rings. The van der Waals surface area contributed by atoms with Crippen molar-refractivity contribution in [1.82, 2.24) is 5.32 Å². The predicted octanol–water partition coefficient (Wildman–Crippen LogP) is 2.54. The van der Waals surface area contributed by atoms with Crippen molar-refractivity contribution < 1.29 is 5.11 Å². The van der Waals surface area contributed by atoms with Gasteiger partial charge in [0, 0.05) is 38.0 Å². The molecule has 0 bridgehead atoms. The molecule has 0 aromatic heterocycles. The van der Waals surface area contributed by atoms with E-state index in [1.54, 1.807) is 0 Å². The first-order valence-corrected chi connectivity index (χ1v) is 8.04.